The molecule has 2 N–H and O–H groups in total. The summed E-state index contributed by atoms with van der Waals surface area (Å²) in [6.45, 7) is 2.10. The van der Waals surface area contributed by atoms with E-state index in [9.17, 15) is 4.79 Å². The van der Waals surface area contributed by atoms with Crippen LogP contribution in [0.5, 0.6) is 0 Å². The van der Waals surface area contributed by atoms with Crippen molar-refractivity contribution in [1.29, 1.82) is 10.8 Å². The summed E-state index contributed by atoms with van der Waals surface area (Å²) in [6, 6.07) is 5.12. The van der Waals surface area contributed by atoms with Gasteiger partial charge in [-0.25, -0.2) is 9.78 Å². The van der Waals surface area contributed by atoms with E-state index in [1.165, 1.54) is 18.3 Å². The van der Waals surface area contributed by atoms with Gasteiger partial charge in [-0.15, -0.1) is 0 Å². The van der Waals surface area contributed by atoms with Gasteiger partial charge in [0.2, 0.25) is 0 Å². The van der Waals surface area contributed by atoms with E-state index in [1.54, 1.807) is 29.7 Å². The van der Waals surface area contributed by atoms with E-state index in [-0.39, 0.29) is 37.1 Å². The average Bonchev–Trinajstić information content (AvgIpc) is 2.98. The van der Waals surface area contributed by atoms with Crippen LogP contribution >= 0.6 is 11.6 Å². The number of methoxy groups -OCH3 is 1. The Morgan fingerprint density at radius 1 is 1.42 bits per heavy atom. The normalized spacial score (nSPS) is 13.0. The van der Waals surface area contributed by atoms with Gasteiger partial charge in [-0.3, -0.25) is 15.4 Å². The highest BCUT2D eigenvalue weighted by Crippen LogP contribution is 2.28. The lowest BCUT2D eigenvalue weighted by Gasteiger charge is -2.23. The topological polar surface area (TPSA) is 104 Å². The number of amidine groups is 2. The number of rotatable bonds is 4. The average molecular weight is 376 g/mol. The fourth-order valence-electron chi connectivity index (χ4n) is 2.83. The maximum Gasteiger partial charge on any atom is 0.358 e. The molecular formula is C17H18ClN5O3. The molecule has 26 heavy (non-hydrogen) atoms. The zero-order valence-electron chi connectivity index (χ0n) is 14.4. The molecule has 3 rings (SSSR count). The molecule has 2 heterocycles. The lowest BCUT2D eigenvalue weighted by Crippen LogP contribution is -2.38. The number of carbonyl (C=O) groups is 1. The summed E-state index contributed by atoms with van der Waals surface area (Å²) >= 11 is 6.12. The van der Waals surface area contributed by atoms with Crippen LogP contribution in [0.4, 0.5) is 0 Å². The van der Waals surface area contributed by atoms with E-state index in [4.69, 9.17) is 31.9 Å². The molecule has 1 aliphatic rings. The van der Waals surface area contributed by atoms with Gasteiger partial charge in [0.05, 0.1) is 24.5 Å². The number of nitrogens with zero attached hydrogens (tertiary/aromatic N) is 3. The monoisotopic (exact) mass is 375 g/mol. The Labute approximate surface area is 155 Å². The molecule has 0 saturated heterocycles. The van der Waals surface area contributed by atoms with E-state index >= 15 is 0 Å². The van der Waals surface area contributed by atoms with Crippen LogP contribution in [-0.2, 0) is 16.0 Å². The Morgan fingerprint density at radius 2 is 2.19 bits per heavy atom. The van der Waals surface area contributed by atoms with E-state index in [0.29, 0.717) is 22.0 Å². The van der Waals surface area contributed by atoms with Crippen LogP contribution in [-0.4, -0.2) is 52.4 Å². The smallest absolute Gasteiger partial charge is 0.358 e. The molecule has 1 aliphatic heterocycles. The van der Waals surface area contributed by atoms with Crippen LogP contribution in [0.3, 0.4) is 0 Å². The number of benzene rings is 1. The molecule has 0 fully saturated rings. The van der Waals surface area contributed by atoms with E-state index < -0.39 is 5.97 Å². The van der Waals surface area contributed by atoms with Crippen molar-refractivity contribution < 1.29 is 14.3 Å². The second kappa shape index (κ2) is 7.27. The lowest BCUT2D eigenvalue weighted by atomic mass is 10.1. The number of ether oxygens (including phenoxy) is 2. The first kappa shape index (κ1) is 18.1. The molecule has 0 unspecified atom stereocenters. The Morgan fingerprint density at radius 3 is 2.88 bits per heavy atom. The number of carbonyl (C=O) groups excluding carboxylic acids is 1. The maximum absolute atomic E-state index is 12.3. The molecule has 136 valence electrons. The van der Waals surface area contributed by atoms with Gasteiger partial charge in [0.25, 0.3) is 0 Å². The Kier molecular flexibility index (Phi) is 5.06. The molecule has 0 radical (unpaired) electrons. The molecule has 1 aromatic heterocycles. The van der Waals surface area contributed by atoms with Gasteiger partial charge in [0.1, 0.15) is 24.6 Å². The Balaban J connectivity index is 2.19. The zero-order chi connectivity index (χ0) is 18.8. The van der Waals surface area contributed by atoms with Crippen molar-refractivity contribution in [2.75, 3.05) is 20.3 Å². The highest BCUT2D eigenvalue weighted by molar-refractivity contribution is 6.31. The largest absolute Gasteiger partial charge is 0.461 e. The lowest BCUT2D eigenvalue weighted by molar-refractivity contribution is 0.0518. The molecule has 9 heteroatoms. The molecule has 0 amide bonds. The van der Waals surface area contributed by atoms with Crippen LogP contribution in [0, 0.1) is 10.8 Å². The second-order valence-corrected chi connectivity index (χ2v) is 6.04. The van der Waals surface area contributed by atoms with Crippen molar-refractivity contribution in [1.82, 2.24) is 14.5 Å². The first-order valence-corrected chi connectivity index (χ1v) is 8.31. The Bertz CT molecular complexity index is 893. The van der Waals surface area contributed by atoms with Crippen molar-refractivity contribution in [2.24, 2.45) is 0 Å². The van der Waals surface area contributed by atoms with Crippen molar-refractivity contribution in [3.05, 3.63) is 46.5 Å². The van der Waals surface area contributed by atoms with Crippen molar-refractivity contribution in [3.63, 3.8) is 0 Å². The summed E-state index contributed by atoms with van der Waals surface area (Å²) in [6.07, 6.45) is 1.52. The number of hydrogen-bond donors (Lipinski definition) is 2. The first-order chi connectivity index (χ1) is 12.5. The molecule has 2 aromatic rings. The van der Waals surface area contributed by atoms with Crippen LogP contribution in [0.2, 0.25) is 5.02 Å². The summed E-state index contributed by atoms with van der Waals surface area (Å²) < 4.78 is 11.9. The van der Waals surface area contributed by atoms with Gasteiger partial charge >= 0.3 is 5.97 Å². The number of hydrogen-bond acceptors (Lipinski definition) is 6. The number of halogens is 1. The summed E-state index contributed by atoms with van der Waals surface area (Å²) in [5.41, 5.74) is 1.89. The third-order valence-corrected chi connectivity index (χ3v) is 4.23. The molecule has 1 aromatic carbocycles. The SMILES string of the molecule is CCOC(=O)c1ncn2c1CN(C(=N)COC)C(=N)c1cc(Cl)ccc1-2. The number of esters is 1. The molecule has 8 nitrogen and oxygen atoms in total. The van der Waals surface area contributed by atoms with Crippen LogP contribution in [0.1, 0.15) is 28.7 Å². The van der Waals surface area contributed by atoms with Gasteiger partial charge in [-0.2, -0.15) is 0 Å². The van der Waals surface area contributed by atoms with E-state index in [0.717, 1.165) is 0 Å². The predicted octanol–water partition coefficient (Wildman–Crippen LogP) is 2.47. The van der Waals surface area contributed by atoms with Crippen molar-refractivity contribution in [3.8, 4) is 5.69 Å². The number of aromatic nitrogens is 2. The van der Waals surface area contributed by atoms with Gasteiger partial charge in [0, 0.05) is 17.7 Å². The molecule has 0 saturated carbocycles. The van der Waals surface area contributed by atoms with Gasteiger partial charge in [-0.1, -0.05) is 11.6 Å². The molecular weight excluding hydrogens is 358 g/mol. The standard InChI is InChI=1S/C17H18ClN5O3/c1-3-26-17(24)15-13-7-22(14(19)8-25-2)16(20)11-6-10(18)4-5-12(11)23(13)9-21-15/h4-6,9,19-20H,3,7-8H2,1-2H3. The van der Waals surface area contributed by atoms with Crippen LogP contribution < -0.4 is 0 Å². The minimum Gasteiger partial charge on any atom is -0.461 e. The van der Waals surface area contributed by atoms with Gasteiger partial charge < -0.3 is 14.4 Å². The fourth-order valence-corrected chi connectivity index (χ4v) is 3.00. The highest BCUT2D eigenvalue weighted by atomic mass is 35.5. The third-order valence-electron chi connectivity index (χ3n) is 3.99. The van der Waals surface area contributed by atoms with E-state index in [1.807, 2.05) is 0 Å². The van der Waals surface area contributed by atoms with Crippen molar-refractivity contribution >= 4 is 29.2 Å². The number of fused-ring (bicyclic) bond motifs is 3. The quantitative estimate of drug-likeness (QED) is 0.485. The number of imidazole rings is 1. The summed E-state index contributed by atoms with van der Waals surface area (Å²) in [7, 11) is 1.48. The minimum atomic E-state index is -0.539. The molecule has 0 atom stereocenters. The van der Waals surface area contributed by atoms with Crippen LogP contribution in [0.15, 0.2) is 24.5 Å². The summed E-state index contributed by atoms with van der Waals surface area (Å²) in [4.78, 5) is 17.9. The van der Waals surface area contributed by atoms with Gasteiger partial charge in [-0.05, 0) is 25.1 Å². The predicted molar refractivity (Wildman–Crippen MR) is 96.5 cm³/mol. The third kappa shape index (κ3) is 3.09. The van der Waals surface area contributed by atoms with Gasteiger partial charge in [0.15, 0.2) is 5.69 Å². The second-order valence-electron chi connectivity index (χ2n) is 5.61. The van der Waals surface area contributed by atoms with Crippen LogP contribution in [0.25, 0.3) is 5.69 Å². The van der Waals surface area contributed by atoms with E-state index in [2.05, 4.69) is 4.98 Å². The molecule has 0 bridgehead atoms. The fraction of sp³-hybridized carbons (Fsp3) is 0.294. The first-order valence-electron chi connectivity index (χ1n) is 7.94. The molecule has 0 spiro atoms. The summed E-state index contributed by atoms with van der Waals surface area (Å²) in [5, 5.41) is 17.3. The maximum atomic E-state index is 12.3. The number of nitrogens with one attached hydrogen (secondary N) is 2. The summed E-state index contributed by atoms with van der Waals surface area (Å²) in [5.74, 6) is -0.348. The minimum absolute atomic E-state index is 0.0289. The molecule has 0 aliphatic carbocycles. The zero-order valence-corrected chi connectivity index (χ0v) is 15.1. The Hall–Kier alpha value is -2.71. The highest BCUT2D eigenvalue weighted by Gasteiger charge is 2.30. The van der Waals surface area contributed by atoms with Crippen molar-refractivity contribution in [2.45, 2.75) is 13.5 Å².